The summed E-state index contributed by atoms with van der Waals surface area (Å²) < 4.78 is 6.98. The lowest BCUT2D eigenvalue weighted by Gasteiger charge is -2.18. The number of aromatic nitrogens is 5. The Morgan fingerprint density at radius 3 is 2.41 bits per heavy atom. The molecule has 0 aliphatic heterocycles. The van der Waals surface area contributed by atoms with Gasteiger partial charge < -0.3 is 4.74 Å². The van der Waals surface area contributed by atoms with Crippen molar-refractivity contribution in [3.05, 3.63) is 93.6 Å². The molecule has 0 bridgehead atoms. The van der Waals surface area contributed by atoms with Crippen LogP contribution in [-0.2, 0) is 12.8 Å². The van der Waals surface area contributed by atoms with Gasteiger partial charge in [0.25, 0.3) is 5.56 Å². The van der Waals surface area contributed by atoms with Crippen LogP contribution in [0.5, 0.6) is 5.75 Å². The lowest BCUT2D eigenvalue weighted by Crippen LogP contribution is -2.31. The van der Waals surface area contributed by atoms with Gasteiger partial charge >= 0.3 is 0 Å². The first-order chi connectivity index (χ1) is 18.0. The van der Waals surface area contributed by atoms with Crippen LogP contribution in [0.2, 0.25) is 0 Å². The molecular weight excluding hydrogens is 464 g/mol. The normalized spacial score (nSPS) is 10.9. The van der Waals surface area contributed by atoms with E-state index < -0.39 is 0 Å². The zero-order valence-corrected chi connectivity index (χ0v) is 21.6. The van der Waals surface area contributed by atoms with E-state index in [2.05, 4.69) is 27.9 Å². The molecule has 0 spiro atoms. The number of ether oxygens (including phenoxy) is 1. The topological polar surface area (TPSA) is 107 Å². The van der Waals surface area contributed by atoms with Gasteiger partial charge in [-0.1, -0.05) is 51.5 Å². The fourth-order valence-corrected chi connectivity index (χ4v) is 4.18. The molecule has 0 radical (unpaired) electrons. The van der Waals surface area contributed by atoms with Crippen LogP contribution in [0.4, 0.5) is 0 Å². The highest BCUT2D eigenvalue weighted by atomic mass is 16.5. The summed E-state index contributed by atoms with van der Waals surface area (Å²) in [4.78, 5) is 32.3. The number of rotatable bonds is 9. The van der Waals surface area contributed by atoms with Gasteiger partial charge in [-0.15, -0.1) is 0 Å². The summed E-state index contributed by atoms with van der Waals surface area (Å²) in [5.74, 6) is 1.44. The van der Waals surface area contributed by atoms with Crippen LogP contribution in [-0.4, -0.2) is 31.1 Å². The highest BCUT2D eigenvalue weighted by Gasteiger charge is 2.21. The van der Waals surface area contributed by atoms with E-state index in [1.165, 1.54) is 4.57 Å². The van der Waals surface area contributed by atoms with Gasteiger partial charge in [0.1, 0.15) is 5.82 Å². The molecule has 0 aliphatic carbocycles. The minimum atomic E-state index is -0.176. The monoisotopic (exact) mass is 494 g/mol. The summed E-state index contributed by atoms with van der Waals surface area (Å²) in [5, 5.41) is 9.43. The van der Waals surface area contributed by atoms with E-state index in [9.17, 15) is 10.1 Å². The molecule has 8 nitrogen and oxygen atoms in total. The number of nitrogens with zero attached hydrogens (tertiary/aromatic N) is 6. The Labute approximate surface area is 216 Å². The average Bonchev–Trinajstić information content (AvgIpc) is 2.91. The summed E-state index contributed by atoms with van der Waals surface area (Å²) in [7, 11) is 0. The largest absolute Gasteiger partial charge is 0.491 e. The Kier molecular flexibility index (Phi) is 8.04. The van der Waals surface area contributed by atoms with Crippen LogP contribution in [0, 0.1) is 11.3 Å². The lowest BCUT2D eigenvalue weighted by atomic mass is 10.0. The van der Waals surface area contributed by atoms with Crippen molar-refractivity contribution in [2.24, 2.45) is 0 Å². The second-order valence-electron chi connectivity index (χ2n) is 8.98. The summed E-state index contributed by atoms with van der Waals surface area (Å²) in [6, 6.07) is 13.4. The predicted molar refractivity (Wildman–Crippen MR) is 142 cm³/mol. The molecule has 37 heavy (non-hydrogen) atoms. The fourth-order valence-electron chi connectivity index (χ4n) is 4.18. The van der Waals surface area contributed by atoms with E-state index in [1.54, 1.807) is 24.7 Å². The van der Waals surface area contributed by atoms with Gasteiger partial charge in [0.05, 0.1) is 42.0 Å². The number of pyridine rings is 1. The molecular formula is C29H30N6O2. The fraction of sp³-hybridized carbons (Fsp3) is 0.310. The molecule has 1 aromatic carbocycles. The Morgan fingerprint density at radius 1 is 1.03 bits per heavy atom. The first-order valence-corrected chi connectivity index (χ1v) is 12.5. The summed E-state index contributed by atoms with van der Waals surface area (Å²) in [6.45, 7) is 8.48. The molecule has 8 heteroatoms. The molecule has 0 saturated carbocycles. The third-order valence-electron chi connectivity index (χ3n) is 5.95. The average molecular weight is 495 g/mol. The minimum absolute atomic E-state index is 0.00585. The van der Waals surface area contributed by atoms with Crippen molar-refractivity contribution in [3.63, 3.8) is 0 Å². The van der Waals surface area contributed by atoms with Crippen molar-refractivity contribution >= 4 is 0 Å². The third-order valence-corrected chi connectivity index (χ3v) is 5.95. The van der Waals surface area contributed by atoms with Gasteiger partial charge in [-0.05, 0) is 31.0 Å². The first kappa shape index (κ1) is 25.7. The van der Waals surface area contributed by atoms with Crippen LogP contribution in [0.3, 0.4) is 0 Å². The van der Waals surface area contributed by atoms with Crippen molar-refractivity contribution in [2.45, 2.75) is 52.9 Å². The number of aryl methyl sites for hydroxylation is 1. The van der Waals surface area contributed by atoms with Crippen LogP contribution in [0.15, 0.2) is 59.8 Å². The zero-order valence-electron chi connectivity index (χ0n) is 21.6. The van der Waals surface area contributed by atoms with Crippen LogP contribution in [0.1, 0.15) is 68.2 Å². The van der Waals surface area contributed by atoms with Gasteiger partial charge in [0.2, 0.25) is 5.95 Å². The Hall–Kier alpha value is -4.38. The maximum absolute atomic E-state index is 13.9. The molecule has 0 N–H and O–H groups in total. The van der Waals surface area contributed by atoms with E-state index in [-0.39, 0.29) is 17.4 Å². The first-order valence-electron chi connectivity index (χ1n) is 12.5. The maximum atomic E-state index is 13.9. The molecule has 0 aliphatic rings. The van der Waals surface area contributed by atoms with Gasteiger partial charge in [-0.2, -0.15) is 5.26 Å². The van der Waals surface area contributed by atoms with Gasteiger partial charge in [-0.3, -0.25) is 9.78 Å². The zero-order chi connectivity index (χ0) is 26.4. The predicted octanol–water partition coefficient (Wildman–Crippen LogP) is 5.02. The number of benzene rings is 1. The second kappa shape index (κ2) is 11.6. The molecule has 0 amide bonds. The number of hydrogen-bond donors (Lipinski definition) is 0. The third kappa shape index (κ3) is 5.56. The second-order valence-corrected chi connectivity index (χ2v) is 8.98. The minimum Gasteiger partial charge on any atom is -0.491 e. The lowest BCUT2D eigenvalue weighted by molar-refractivity contribution is 0.337. The number of nitriles is 1. The van der Waals surface area contributed by atoms with Crippen molar-refractivity contribution in [1.29, 1.82) is 5.26 Å². The highest BCUT2D eigenvalue weighted by molar-refractivity contribution is 5.67. The van der Waals surface area contributed by atoms with Gasteiger partial charge in [0, 0.05) is 29.7 Å². The van der Waals surface area contributed by atoms with E-state index in [0.29, 0.717) is 47.8 Å². The van der Waals surface area contributed by atoms with Crippen molar-refractivity contribution in [3.8, 4) is 29.0 Å². The van der Waals surface area contributed by atoms with Gasteiger partial charge in [-0.25, -0.2) is 19.5 Å². The summed E-state index contributed by atoms with van der Waals surface area (Å²) >= 11 is 0. The standard InChI is InChI=1S/C29H30N6O2/c1-5-9-26-24(14-20-12-13-25(31-16-20)23-11-8-7-10-21(23)15-30)28(36)35(27(34-26)19(3)4)29-32-17-22(18-33-29)37-6-2/h7-8,10-13,16-19H,5-6,9,14H2,1-4H3. The Bertz CT molecular complexity index is 1470. The van der Waals surface area contributed by atoms with Crippen molar-refractivity contribution < 1.29 is 4.74 Å². The van der Waals surface area contributed by atoms with Crippen LogP contribution >= 0.6 is 0 Å². The molecule has 3 heterocycles. The SMILES string of the molecule is CCCc1nc(C(C)C)n(-c2ncc(OCC)cn2)c(=O)c1Cc1ccc(-c2ccccc2C#N)nc1. The molecule has 3 aromatic heterocycles. The van der Waals surface area contributed by atoms with E-state index >= 15 is 0 Å². The molecule has 0 atom stereocenters. The van der Waals surface area contributed by atoms with E-state index in [4.69, 9.17) is 9.72 Å². The van der Waals surface area contributed by atoms with Crippen molar-refractivity contribution in [2.75, 3.05) is 6.61 Å². The smallest absolute Gasteiger partial charge is 0.264 e. The summed E-state index contributed by atoms with van der Waals surface area (Å²) in [5.41, 5.74) is 4.16. The molecule has 0 saturated heterocycles. The van der Waals surface area contributed by atoms with Crippen LogP contribution < -0.4 is 10.3 Å². The maximum Gasteiger partial charge on any atom is 0.264 e. The molecule has 4 rings (SSSR count). The highest BCUT2D eigenvalue weighted by Crippen LogP contribution is 2.23. The van der Waals surface area contributed by atoms with Crippen molar-refractivity contribution in [1.82, 2.24) is 24.5 Å². The van der Waals surface area contributed by atoms with E-state index in [0.717, 1.165) is 23.2 Å². The quantitative estimate of drug-likeness (QED) is 0.321. The van der Waals surface area contributed by atoms with E-state index in [1.807, 2.05) is 51.1 Å². The van der Waals surface area contributed by atoms with Crippen LogP contribution in [0.25, 0.3) is 17.2 Å². The molecule has 0 unspecified atom stereocenters. The van der Waals surface area contributed by atoms with Gasteiger partial charge in [0.15, 0.2) is 5.75 Å². The molecule has 4 aromatic rings. The molecule has 0 fully saturated rings. The number of hydrogen-bond acceptors (Lipinski definition) is 7. The Balaban J connectivity index is 1.77. The summed E-state index contributed by atoms with van der Waals surface area (Å²) in [6.07, 6.45) is 6.84. The Morgan fingerprint density at radius 2 is 1.78 bits per heavy atom. The molecule has 188 valence electrons.